The summed E-state index contributed by atoms with van der Waals surface area (Å²) in [5.41, 5.74) is 0.646. The summed E-state index contributed by atoms with van der Waals surface area (Å²) in [4.78, 5) is 27.2. The van der Waals surface area contributed by atoms with Gasteiger partial charge >= 0.3 is 0 Å². The van der Waals surface area contributed by atoms with Gasteiger partial charge in [0.25, 0.3) is 0 Å². The molecule has 3 nitrogen and oxygen atoms in total. The molecule has 1 aliphatic rings. The zero-order valence-electron chi connectivity index (χ0n) is 13.4. The highest BCUT2D eigenvalue weighted by Crippen LogP contribution is 2.32. The predicted octanol–water partition coefficient (Wildman–Crippen LogP) is 3.94. The zero-order valence-corrected chi connectivity index (χ0v) is 15.0. The van der Waals surface area contributed by atoms with Gasteiger partial charge in [0.1, 0.15) is 0 Å². The molecule has 5 heteroatoms. The van der Waals surface area contributed by atoms with E-state index in [0.29, 0.717) is 12.3 Å². The molecular formula is C17H21NO2S2. The third kappa shape index (κ3) is 4.17. The van der Waals surface area contributed by atoms with Gasteiger partial charge in [0, 0.05) is 16.4 Å². The van der Waals surface area contributed by atoms with Crippen LogP contribution in [0.4, 0.5) is 0 Å². The highest BCUT2D eigenvalue weighted by atomic mass is 32.2. The number of benzene rings is 1. The van der Waals surface area contributed by atoms with Crippen molar-refractivity contribution in [2.75, 3.05) is 12.0 Å². The first kappa shape index (κ1) is 17.2. The van der Waals surface area contributed by atoms with Gasteiger partial charge in [0.15, 0.2) is 5.78 Å². The lowest BCUT2D eigenvalue weighted by Crippen LogP contribution is -2.25. The average molecular weight is 335 g/mol. The largest absolute Gasteiger partial charge is 0.301 e. The number of thioether (sulfide) groups is 2. The van der Waals surface area contributed by atoms with E-state index in [1.807, 2.05) is 39.2 Å². The molecule has 0 atom stereocenters. The van der Waals surface area contributed by atoms with Crippen molar-refractivity contribution in [1.82, 2.24) is 4.90 Å². The van der Waals surface area contributed by atoms with Crippen LogP contribution < -0.4 is 0 Å². The van der Waals surface area contributed by atoms with Crippen molar-refractivity contribution < 1.29 is 9.59 Å². The lowest BCUT2D eigenvalue weighted by molar-refractivity contribution is -0.125. The fraction of sp³-hybridized carbons (Fsp3) is 0.412. The van der Waals surface area contributed by atoms with Gasteiger partial charge in [-0.2, -0.15) is 0 Å². The zero-order chi connectivity index (χ0) is 16.3. The Balaban J connectivity index is 2.17. The van der Waals surface area contributed by atoms with E-state index in [1.165, 1.54) is 16.7 Å². The normalized spacial score (nSPS) is 17.4. The minimum Gasteiger partial charge on any atom is -0.301 e. The van der Waals surface area contributed by atoms with Crippen LogP contribution in [0.1, 0.15) is 26.3 Å². The highest BCUT2D eigenvalue weighted by Gasteiger charge is 2.29. The summed E-state index contributed by atoms with van der Waals surface area (Å²) in [5.74, 6) is 0.519. The van der Waals surface area contributed by atoms with Crippen LogP contribution in [0.3, 0.4) is 0 Å². The van der Waals surface area contributed by atoms with Gasteiger partial charge < -0.3 is 4.90 Å². The van der Waals surface area contributed by atoms with E-state index in [9.17, 15) is 9.59 Å². The van der Waals surface area contributed by atoms with Gasteiger partial charge in [-0.25, -0.2) is 0 Å². The van der Waals surface area contributed by atoms with Gasteiger partial charge in [-0.1, -0.05) is 44.7 Å². The second-order valence-electron chi connectivity index (χ2n) is 6.21. The second-order valence-corrected chi connectivity index (χ2v) is 8.09. The first-order chi connectivity index (χ1) is 10.3. The molecule has 1 amide bonds. The molecule has 0 saturated carbocycles. The summed E-state index contributed by atoms with van der Waals surface area (Å²) in [7, 11) is 0. The molecule has 1 heterocycles. The molecule has 1 aromatic carbocycles. The SMILES string of the molecule is CSc1ccc(CN2C(=O)CS/C2=C/C(=O)C(C)(C)C)cc1. The summed E-state index contributed by atoms with van der Waals surface area (Å²) in [6.07, 6.45) is 3.65. The topological polar surface area (TPSA) is 37.4 Å². The molecule has 118 valence electrons. The predicted molar refractivity (Wildman–Crippen MR) is 93.8 cm³/mol. The number of carbonyl (C=O) groups excluding carboxylic acids is 2. The summed E-state index contributed by atoms with van der Waals surface area (Å²) in [6.45, 7) is 6.18. The number of allylic oxidation sites excluding steroid dienone is 1. The van der Waals surface area contributed by atoms with Crippen LogP contribution >= 0.6 is 23.5 Å². The van der Waals surface area contributed by atoms with Crippen LogP contribution in [-0.4, -0.2) is 28.6 Å². The minimum atomic E-state index is -0.426. The standard InChI is InChI=1S/C17H21NO2S2/c1-17(2,3)14(19)9-16-18(15(20)11-22-16)10-12-5-7-13(21-4)8-6-12/h5-9H,10-11H2,1-4H3/b16-9+. The lowest BCUT2D eigenvalue weighted by atomic mass is 9.91. The third-order valence-electron chi connectivity index (χ3n) is 3.40. The summed E-state index contributed by atoms with van der Waals surface area (Å²) >= 11 is 3.13. The summed E-state index contributed by atoms with van der Waals surface area (Å²) in [6, 6.07) is 8.17. The molecule has 1 fully saturated rings. The third-order valence-corrected chi connectivity index (χ3v) is 5.17. The van der Waals surface area contributed by atoms with Crippen molar-refractivity contribution >= 4 is 35.2 Å². The first-order valence-electron chi connectivity index (χ1n) is 7.13. The molecule has 0 bridgehead atoms. The van der Waals surface area contributed by atoms with Crippen molar-refractivity contribution in [1.29, 1.82) is 0 Å². The fourth-order valence-corrected chi connectivity index (χ4v) is 3.29. The van der Waals surface area contributed by atoms with Crippen LogP contribution in [0.5, 0.6) is 0 Å². The van der Waals surface area contributed by atoms with E-state index in [1.54, 1.807) is 22.7 Å². The van der Waals surface area contributed by atoms with E-state index in [2.05, 4.69) is 12.1 Å². The lowest BCUT2D eigenvalue weighted by Gasteiger charge is -2.19. The molecule has 0 aromatic heterocycles. The molecule has 0 radical (unpaired) electrons. The molecule has 0 aliphatic carbocycles. The highest BCUT2D eigenvalue weighted by molar-refractivity contribution is 8.04. The van der Waals surface area contributed by atoms with Crippen LogP contribution in [0.25, 0.3) is 0 Å². The number of carbonyl (C=O) groups is 2. The fourth-order valence-electron chi connectivity index (χ4n) is 1.94. The quantitative estimate of drug-likeness (QED) is 0.617. The van der Waals surface area contributed by atoms with Gasteiger partial charge in [-0.15, -0.1) is 11.8 Å². The maximum atomic E-state index is 12.2. The van der Waals surface area contributed by atoms with Crippen LogP contribution in [0.2, 0.25) is 0 Å². The molecule has 2 rings (SSSR count). The molecule has 1 saturated heterocycles. The number of hydrogen-bond acceptors (Lipinski definition) is 4. The van der Waals surface area contributed by atoms with Gasteiger partial charge in [-0.3, -0.25) is 9.59 Å². The Labute approximate surface area is 140 Å². The van der Waals surface area contributed by atoms with Crippen molar-refractivity contribution in [2.24, 2.45) is 5.41 Å². The van der Waals surface area contributed by atoms with E-state index in [-0.39, 0.29) is 11.7 Å². The Morgan fingerprint density at radius 1 is 1.32 bits per heavy atom. The van der Waals surface area contributed by atoms with Crippen molar-refractivity contribution in [3.8, 4) is 0 Å². The second kappa shape index (κ2) is 6.92. The van der Waals surface area contributed by atoms with Crippen LogP contribution in [0, 0.1) is 5.41 Å². The average Bonchev–Trinajstić information content (AvgIpc) is 2.80. The molecule has 0 N–H and O–H groups in total. The number of amides is 1. The maximum absolute atomic E-state index is 12.2. The van der Waals surface area contributed by atoms with E-state index >= 15 is 0 Å². The van der Waals surface area contributed by atoms with Crippen LogP contribution in [0.15, 0.2) is 40.3 Å². The monoisotopic (exact) mass is 335 g/mol. The van der Waals surface area contributed by atoms with Crippen molar-refractivity contribution in [2.45, 2.75) is 32.2 Å². The Morgan fingerprint density at radius 3 is 2.50 bits per heavy atom. The van der Waals surface area contributed by atoms with Crippen molar-refractivity contribution in [3.63, 3.8) is 0 Å². The van der Waals surface area contributed by atoms with Gasteiger partial charge in [0.2, 0.25) is 5.91 Å². The first-order valence-corrected chi connectivity index (χ1v) is 9.34. The summed E-state index contributed by atoms with van der Waals surface area (Å²) < 4.78 is 0. The molecular weight excluding hydrogens is 314 g/mol. The Hall–Kier alpha value is -1.20. The van der Waals surface area contributed by atoms with Gasteiger partial charge in [0.05, 0.1) is 17.3 Å². The smallest absolute Gasteiger partial charge is 0.238 e. The number of nitrogens with zero attached hydrogens (tertiary/aromatic N) is 1. The molecule has 0 spiro atoms. The van der Waals surface area contributed by atoms with E-state index in [0.717, 1.165) is 10.6 Å². The van der Waals surface area contributed by atoms with Crippen LogP contribution in [-0.2, 0) is 16.1 Å². The molecule has 1 aliphatic heterocycles. The van der Waals surface area contributed by atoms with Crippen molar-refractivity contribution in [3.05, 3.63) is 40.9 Å². The Morgan fingerprint density at radius 2 is 1.95 bits per heavy atom. The molecule has 1 aromatic rings. The molecule has 22 heavy (non-hydrogen) atoms. The van der Waals surface area contributed by atoms with Gasteiger partial charge in [-0.05, 0) is 24.0 Å². The van der Waals surface area contributed by atoms with E-state index in [4.69, 9.17) is 0 Å². The Kier molecular flexibility index (Phi) is 5.40. The maximum Gasteiger partial charge on any atom is 0.238 e. The summed E-state index contributed by atoms with van der Waals surface area (Å²) in [5, 5.41) is 0.763. The minimum absolute atomic E-state index is 0.0485. The molecule has 0 unspecified atom stereocenters. The van der Waals surface area contributed by atoms with E-state index < -0.39 is 5.41 Å². The number of hydrogen-bond donors (Lipinski definition) is 0. The number of ketones is 1. The Bertz CT molecular complexity index is 600. The number of rotatable bonds is 4.